The maximum Gasteiger partial charge on any atom is 0.241 e. The third-order valence-corrected chi connectivity index (χ3v) is 18.7. The molecule has 2 aromatic rings. The Morgan fingerprint density at radius 2 is 0.660 bits per heavy atom. The number of unbranched alkanes of at least 4 members (excludes halogenated alkanes) is 12. The maximum absolute atomic E-state index is 14.1. The zero-order chi connectivity index (χ0) is 71.6. The fraction of sp³-hybridized carbons (Fsp3) is 0.867. The lowest BCUT2D eigenvalue weighted by Crippen LogP contribution is -2.36. The largest absolute Gasteiger partial charge is 0.379 e. The van der Waals surface area contributed by atoms with Crippen LogP contribution in [-0.4, -0.2) is 260 Å². The molecule has 2 aromatic carbocycles. The topological polar surface area (TPSA) is 234 Å². The first-order valence-corrected chi connectivity index (χ1v) is 39.1. The van der Waals surface area contributed by atoms with Gasteiger partial charge in [-0.1, -0.05) is 24.3 Å². The molecule has 4 saturated heterocycles. The van der Waals surface area contributed by atoms with Crippen molar-refractivity contribution >= 4 is 26.5 Å². The lowest BCUT2D eigenvalue weighted by molar-refractivity contribution is -0.145. The summed E-state index contributed by atoms with van der Waals surface area (Å²) >= 11 is 0. The van der Waals surface area contributed by atoms with Crippen molar-refractivity contribution < 1.29 is 103 Å². The van der Waals surface area contributed by atoms with Crippen molar-refractivity contribution in [3.8, 4) is 0 Å². The summed E-state index contributed by atoms with van der Waals surface area (Å²) in [6, 6.07) is 11.1. The van der Waals surface area contributed by atoms with Crippen molar-refractivity contribution in [2.45, 2.75) is 242 Å². The van der Waals surface area contributed by atoms with Crippen molar-refractivity contribution in [1.29, 1.82) is 0 Å². The SMILES string of the molecule is CN(C)c1cccc2c(S(=O)(=O)NCC(COCCCCCOCC(COCCCCCOCC3COC(C)(C)O3)OCCCCCOCC3COC(C)(C)O3)OCCCCCOCC(COCCCCCOCC3COC(C)(C)O3)OCCCCCOCC3COC(C)(C)O3)cccc12. The van der Waals surface area contributed by atoms with E-state index in [9.17, 15) is 8.42 Å². The van der Waals surface area contributed by atoms with E-state index in [2.05, 4.69) is 4.72 Å². The molecule has 7 unspecified atom stereocenters. The van der Waals surface area contributed by atoms with Crippen LogP contribution in [0.25, 0.3) is 10.8 Å². The summed E-state index contributed by atoms with van der Waals surface area (Å²) in [6.45, 7) is 29.1. The predicted octanol–water partition coefficient (Wildman–Crippen LogP) is 11.1. The molecule has 0 bridgehead atoms. The van der Waals surface area contributed by atoms with E-state index in [0.717, 1.165) is 127 Å². The molecule has 1 N–H and O–H groups in total. The van der Waals surface area contributed by atoms with Gasteiger partial charge in [-0.3, -0.25) is 0 Å². The van der Waals surface area contributed by atoms with Gasteiger partial charge in [0.2, 0.25) is 10.0 Å². The average molecular weight is 1450 g/mol. The summed E-state index contributed by atoms with van der Waals surface area (Å²) in [5, 5.41) is 1.51. The van der Waals surface area contributed by atoms with E-state index < -0.39 is 39.3 Å². The number of hydrogen-bond acceptors (Lipinski definition) is 23. The second-order valence-electron chi connectivity index (χ2n) is 28.7. The van der Waals surface area contributed by atoms with Crippen molar-refractivity contribution in [2.24, 2.45) is 0 Å². The van der Waals surface area contributed by atoms with E-state index in [4.69, 9.17) is 94.7 Å². The van der Waals surface area contributed by atoms with Crippen LogP contribution < -0.4 is 9.62 Å². The Bertz CT molecular complexity index is 2530. The minimum Gasteiger partial charge on any atom is -0.379 e. The first-order chi connectivity index (χ1) is 48.2. The van der Waals surface area contributed by atoms with Crippen LogP contribution in [0.4, 0.5) is 5.69 Å². The maximum atomic E-state index is 14.1. The molecular weight excluding hydrogens is 1310 g/mol. The summed E-state index contributed by atoms with van der Waals surface area (Å²) in [6.07, 6.45) is 15.5. The Morgan fingerprint density at radius 1 is 0.380 bits per heavy atom. The highest BCUT2D eigenvalue weighted by molar-refractivity contribution is 7.89. The Morgan fingerprint density at radius 3 is 0.970 bits per heavy atom. The Hall–Kier alpha value is -2.39. The minimum absolute atomic E-state index is 0.0194. The van der Waals surface area contributed by atoms with Crippen molar-refractivity contribution in [2.75, 3.05) is 191 Å². The highest BCUT2D eigenvalue weighted by Gasteiger charge is 2.36. The number of nitrogens with one attached hydrogen (secondary N) is 1. The van der Waals surface area contributed by atoms with Crippen LogP contribution in [0, 0.1) is 0 Å². The Balaban J connectivity index is 0.882. The number of anilines is 1. The molecule has 0 aliphatic carbocycles. The monoisotopic (exact) mass is 1440 g/mol. The summed E-state index contributed by atoms with van der Waals surface area (Å²) in [4.78, 5) is 2.21. The van der Waals surface area contributed by atoms with Crippen molar-refractivity contribution in [3.05, 3.63) is 36.4 Å². The van der Waals surface area contributed by atoms with Gasteiger partial charge in [-0.15, -0.1) is 0 Å². The van der Waals surface area contributed by atoms with Gasteiger partial charge in [0.1, 0.15) is 36.6 Å². The number of hydrogen-bond donors (Lipinski definition) is 1. The standard InChI is InChI=1S/C75H132N2O22S/c1-72(2)92-57-64(96-72)53-85-40-21-12-19-37-82-50-62(90-45-27-15-24-42-87-55-66-59-94-74(5,6)98-66)49-81-36-18-11-17-35-80-48-61(47-76-100(78,79)71-34-30-31-68-69(71)32-29-33-70(68)77(9)10)89-44-26-14-23-39-84-52-63(91-46-28-16-25-43-88-56-67-60-95-75(7,8)99-67)51-83-38-20-13-22-41-86-54-65-58-93-73(3,4)97-65/h29-34,61-67,76H,11-28,35-60H2,1-10H3. The molecule has 4 aliphatic rings. The molecule has 0 amide bonds. The van der Waals surface area contributed by atoms with Gasteiger partial charge in [0.25, 0.3) is 0 Å². The molecule has 4 aliphatic heterocycles. The van der Waals surface area contributed by atoms with E-state index in [1.165, 1.54) is 0 Å². The number of sulfonamides is 1. The fourth-order valence-corrected chi connectivity index (χ4v) is 13.2. The molecule has 25 heteroatoms. The van der Waals surface area contributed by atoms with Crippen LogP contribution in [0.2, 0.25) is 0 Å². The third-order valence-electron chi connectivity index (χ3n) is 17.2. The normalized spacial score (nSPS) is 21.2. The molecule has 24 nitrogen and oxygen atoms in total. The van der Waals surface area contributed by atoms with E-state index in [0.29, 0.717) is 164 Å². The number of nitrogens with zero attached hydrogens (tertiary/aromatic N) is 1. The average Bonchev–Trinajstić information content (AvgIpc) is 1.15. The number of ether oxygens (including phenoxy) is 20. The van der Waals surface area contributed by atoms with E-state index in [1.807, 2.05) is 98.7 Å². The van der Waals surface area contributed by atoms with Gasteiger partial charge in [0.15, 0.2) is 23.1 Å². The molecule has 0 aromatic heterocycles. The summed E-state index contributed by atoms with van der Waals surface area (Å²) in [5.41, 5.74) is 0.937. The van der Waals surface area contributed by atoms with Gasteiger partial charge < -0.3 is 99.6 Å². The van der Waals surface area contributed by atoms with Crippen LogP contribution in [0.15, 0.2) is 41.3 Å². The fourth-order valence-electron chi connectivity index (χ4n) is 11.9. The molecule has 0 saturated carbocycles. The molecule has 6 rings (SSSR count). The molecule has 4 heterocycles. The van der Waals surface area contributed by atoms with E-state index >= 15 is 0 Å². The first kappa shape index (κ1) is 86.5. The Labute approximate surface area is 600 Å². The quantitative estimate of drug-likeness (QED) is 0.0606. The highest BCUT2D eigenvalue weighted by Crippen LogP contribution is 2.31. The third kappa shape index (κ3) is 37.7. The molecule has 0 spiro atoms. The van der Waals surface area contributed by atoms with Crippen LogP contribution in [-0.2, 0) is 105 Å². The van der Waals surface area contributed by atoms with E-state index in [-0.39, 0.29) is 54.7 Å². The van der Waals surface area contributed by atoms with Crippen LogP contribution in [0.3, 0.4) is 0 Å². The lowest BCUT2D eigenvalue weighted by atomic mass is 10.1. The number of benzene rings is 2. The minimum atomic E-state index is -3.92. The predicted molar refractivity (Wildman–Crippen MR) is 383 cm³/mol. The van der Waals surface area contributed by atoms with Gasteiger partial charge in [-0.2, -0.15) is 0 Å². The van der Waals surface area contributed by atoms with Gasteiger partial charge >= 0.3 is 0 Å². The lowest BCUT2D eigenvalue weighted by Gasteiger charge is -2.20. The van der Waals surface area contributed by atoms with Crippen LogP contribution >= 0.6 is 0 Å². The summed E-state index contributed by atoms with van der Waals surface area (Å²) < 4.78 is 150. The molecule has 4 fully saturated rings. The molecule has 7 atom stereocenters. The zero-order valence-electron chi connectivity index (χ0n) is 63.0. The number of rotatable bonds is 62. The molecule has 100 heavy (non-hydrogen) atoms. The Kier molecular flexibility index (Phi) is 42.2. The molecule has 0 radical (unpaired) electrons. The molecular formula is C75H132N2O22S. The van der Waals surface area contributed by atoms with Gasteiger partial charge in [-0.05, 0) is 183 Å². The van der Waals surface area contributed by atoms with Crippen molar-refractivity contribution in [3.63, 3.8) is 0 Å². The second kappa shape index (κ2) is 48.7. The molecule has 580 valence electrons. The van der Waals surface area contributed by atoms with Crippen molar-refractivity contribution in [1.82, 2.24) is 4.72 Å². The zero-order valence-corrected chi connectivity index (χ0v) is 63.8. The van der Waals surface area contributed by atoms with Crippen LogP contribution in [0.5, 0.6) is 0 Å². The summed E-state index contributed by atoms with van der Waals surface area (Å²) in [5.74, 6) is -2.18. The van der Waals surface area contributed by atoms with Crippen LogP contribution in [0.1, 0.15) is 171 Å². The van der Waals surface area contributed by atoms with E-state index in [1.54, 1.807) is 12.1 Å². The summed E-state index contributed by atoms with van der Waals surface area (Å²) in [7, 11) is -0.0188. The first-order valence-electron chi connectivity index (χ1n) is 37.7. The van der Waals surface area contributed by atoms with Gasteiger partial charge in [0, 0.05) is 116 Å². The van der Waals surface area contributed by atoms with Gasteiger partial charge in [-0.25, -0.2) is 13.1 Å². The second-order valence-corrected chi connectivity index (χ2v) is 30.4. The highest BCUT2D eigenvalue weighted by atomic mass is 32.2. The smallest absolute Gasteiger partial charge is 0.241 e. The van der Waals surface area contributed by atoms with Gasteiger partial charge in [0.05, 0.1) is 96.9 Å². The number of fused-ring (bicyclic) bond motifs is 1.